The van der Waals surface area contributed by atoms with Gasteiger partial charge in [-0.3, -0.25) is 5.10 Å². The Morgan fingerprint density at radius 2 is 2.00 bits per heavy atom. The van der Waals surface area contributed by atoms with Gasteiger partial charge in [-0.25, -0.2) is 27.9 Å². The zero-order chi connectivity index (χ0) is 19.1. The summed E-state index contributed by atoms with van der Waals surface area (Å²) < 4.78 is 30.2. The lowest BCUT2D eigenvalue weighted by atomic mass is 10.2. The molecule has 28 heavy (non-hydrogen) atoms. The highest BCUT2D eigenvalue weighted by Crippen LogP contribution is 2.25. The first kappa shape index (κ1) is 16.2. The number of aromatic amines is 1. The molecule has 4 aromatic heterocycles. The average molecular weight is 378 g/mol. The van der Waals surface area contributed by atoms with E-state index < -0.39 is 11.6 Å². The quantitative estimate of drug-likeness (QED) is 0.519. The lowest BCUT2D eigenvalue weighted by Crippen LogP contribution is -2.05. The van der Waals surface area contributed by atoms with Crippen LogP contribution in [-0.2, 0) is 6.54 Å². The first-order valence-electron chi connectivity index (χ1n) is 8.36. The second-order valence-electron chi connectivity index (χ2n) is 6.09. The molecular formula is C18H12F2N8. The van der Waals surface area contributed by atoms with E-state index in [2.05, 4.69) is 30.4 Å². The molecule has 4 heterocycles. The second-order valence-corrected chi connectivity index (χ2v) is 6.09. The maximum Gasteiger partial charge on any atom is 0.219 e. The zero-order valence-corrected chi connectivity index (χ0v) is 14.3. The van der Waals surface area contributed by atoms with Gasteiger partial charge in [0.15, 0.2) is 23.3 Å². The summed E-state index contributed by atoms with van der Waals surface area (Å²) in [5.41, 5.74) is 2.14. The summed E-state index contributed by atoms with van der Waals surface area (Å²) in [6, 6.07) is 9.42. The summed E-state index contributed by atoms with van der Waals surface area (Å²) in [6.07, 6.45) is 4.87. The summed E-state index contributed by atoms with van der Waals surface area (Å²) in [5.74, 6) is -0.539. The molecule has 138 valence electrons. The summed E-state index contributed by atoms with van der Waals surface area (Å²) in [7, 11) is 0. The van der Waals surface area contributed by atoms with Crippen LogP contribution in [0.1, 0.15) is 5.56 Å². The highest BCUT2D eigenvalue weighted by molar-refractivity contribution is 5.76. The van der Waals surface area contributed by atoms with Gasteiger partial charge in [0, 0.05) is 6.20 Å². The number of rotatable bonds is 4. The van der Waals surface area contributed by atoms with Crippen LogP contribution in [0.25, 0.3) is 28.6 Å². The van der Waals surface area contributed by atoms with Crippen LogP contribution in [0.4, 0.5) is 8.78 Å². The van der Waals surface area contributed by atoms with Crippen molar-refractivity contribution in [3.63, 3.8) is 0 Å². The molecule has 0 spiro atoms. The SMILES string of the molecule is Fc1ccc(Cn2nc(-c3ncn[nH]3)nc2-c2cnn3ccccc23)cc1F. The number of nitrogens with one attached hydrogen (secondary N) is 1. The van der Waals surface area contributed by atoms with Crippen LogP contribution in [-0.4, -0.2) is 39.6 Å². The van der Waals surface area contributed by atoms with Gasteiger partial charge in [0.05, 0.1) is 23.8 Å². The fraction of sp³-hybridized carbons (Fsp3) is 0.0556. The van der Waals surface area contributed by atoms with Crippen LogP contribution >= 0.6 is 0 Å². The number of nitrogens with zero attached hydrogens (tertiary/aromatic N) is 7. The predicted octanol–water partition coefficient (Wildman–Crippen LogP) is 2.70. The van der Waals surface area contributed by atoms with Crippen LogP contribution in [0.2, 0.25) is 0 Å². The molecular weight excluding hydrogens is 366 g/mol. The van der Waals surface area contributed by atoms with E-state index in [1.807, 2.05) is 24.4 Å². The van der Waals surface area contributed by atoms with E-state index in [4.69, 9.17) is 0 Å². The monoisotopic (exact) mass is 378 g/mol. The van der Waals surface area contributed by atoms with Gasteiger partial charge in [0.1, 0.15) is 6.33 Å². The highest BCUT2D eigenvalue weighted by Gasteiger charge is 2.19. The molecule has 1 aromatic carbocycles. The predicted molar refractivity (Wildman–Crippen MR) is 95.0 cm³/mol. The average Bonchev–Trinajstić information content (AvgIpc) is 3.43. The minimum Gasteiger partial charge on any atom is -0.257 e. The lowest BCUT2D eigenvalue weighted by Gasteiger charge is -2.06. The Kier molecular flexibility index (Phi) is 3.68. The minimum absolute atomic E-state index is 0.192. The first-order valence-corrected chi connectivity index (χ1v) is 8.36. The highest BCUT2D eigenvalue weighted by atomic mass is 19.2. The van der Waals surface area contributed by atoms with Crippen molar-refractivity contribution in [1.82, 2.24) is 39.6 Å². The van der Waals surface area contributed by atoms with E-state index in [1.165, 1.54) is 12.4 Å². The van der Waals surface area contributed by atoms with Gasteiger partial charge in [0.25, 0.3) is 0 Å². The van der Waals surface area contributed by atoms with Crippen molar-refractivity contribution < 1.29 is 8.78 Å². The molecule has 5 aromatic rings. The summed E-state index contributed by atoms with van der Waals surface area (Å²) in [6.45, 7) is 0.192. The third-order valence-electron chi connectivity index (χ3n) is 4.28. The number of aromatic nitrogens is 8. The normalized spacial score (nSPS) is 11.4. The van der Waals surface area contributed by atoms with Crippen molar-refractivity contribution in [2.24, 2.45) is 0 Å². The summed E-state index contributed by atoms with van der Waals surface area (Å²) >= 11 is 0. The maximum absolute atomic E-state index is 13.6. The van der Waals surface area contributed by atoms with Crippen LogP contribution in [0, 0.1) is 11.6 Å². The van der Waals surface area contributed by atoms with E-state index in [9.17, 15) is 8.78 Å². The molecule has 0 atom stereocenters. The fourth-order valence-electron chi connectivity index (χ4n) is 2.98. The molecule has 0 bridgehead atoms. The standard InChI is InChI=1S/C18H12F2N8/c19-13-5-4-11(7-14(13)20)9-28-18(24-17(26-28)16-21-10-22-25-16)12-8-23-27-6-2-1-3-15(12)27/h1-8,10H,9H2,(H,21,22,25). The number of H-pyrrole nitrogens is 1. The Morgan fingerprint density at radius 3 is 2.82 bits per heavy atom. The third kappa shape index (κ3) is 2.71. The Labute approximate surface area is 156 Å². The topological polar surface area (TPSA) is 89.6 Å². The lowest BCUT2D eigenvalue weighted by molar-refractivity contribution is 0.506. The van der Waals surface area contributed by atoms with Crippen molar-refractivity contribution in [1.29, 1.82) is 0 Å². The van der Waals surface area contributed by atoms with Gasteiger partial charge in [-0.2, -0.15) is 10.2 Å². The smallest absolute Gasteiger partial charge is 0.219 e. The summed E-state index contributed by atoms with van der Waals surface area (Å²) in [4.78, 5) is 8.66. The molecule has 10 heteroatoms. The molecule has 1 N–H and O–H groups in total. The minimum atomic E-state index is -0.911. The van der Waals surface area contributed by atoms with Crippen molar-refractivity contribution in [3.8, 4) is 23.0 Å². The number of hydrogen-bond donors (Lipinski definition) is 1. The van der Waals surface area contributed by atoms with Gasteiger partial charge in [-0.05, 0) is 29.8 Å². The van der Waals surface area contributed by atoms with E-state index in [1.54, 1.807) is 15.4 Å². The number of halogens is 2. The molecule has 0 aliphatic heterocycles. The Balaban J connectivity index is 1.65. The van der Waals surface area contributed by atoms with Crippen LogP contribution in [0.3, 0.4) is 0 Å². The summed E-state index contributed by atoms with van der Waals surface area (Å²) in [5, 5.41) is 15.4. The van der Waals surface area contributed by atoms with E-state index in [0.717, 1.165) is 23.2 Å². The number of pyridine rings is 1. The molecule has 0 saturated heterocycles. The molecule has 5 rings (SSSR count). The van der Waals surface area contributed by atoms with Crippen molar-refractivity contribution >= 4 is 5.52 Å². The van der Waals surface area contributed by atoms with Gasteiger partial charge >= 0.3 is 0 Å². The third-order valence-corrected chi connectivity index (χ3v) is 4.28. The second kappa shape index (κ2) is 6.34. The fourth-order valence-corrected chi connectivity index (χ4v) is 2.98. The molecule has 0 radical (unpaired) electrons. The number of hydrogen-bond acceptors (Lipinski definition) is 5. The number of benzene rings is 1. The molecule has 0 aliphatic carbocycles. The Hall–Kier alpha value is -3.95. The van der Waals surface area contributed by atoms with Gasteiger partial charge in [-0.1, -0.05) is 12.1 Å². The first-order chi connectivity index (χ1) is 13.7. The molecule has 0 unspecified atom stereocenters. The zero-order valence-electron chi connectivity index (χ0n) is 14.3. The van der Waals surface area contributed by atoms with Crippen molar-refractivity contribution in [2.45, 2.75) is 6.54 Å². The van der Waals surface area contributed by atoms with E-state index >= 15 is 0 Å². The van der Waals surface area contributed by atoms with Gasteiger partial charge in [-0.15, -0.1) is 5.10 Å². The van der Waals surface area contributed by atoms with Gasteiger partial charge < -0.3 is 0 Å². The molecule has 8 nitrogen and oxygen atoms in total. The maximum atomic E-state index is 13.6. The van der Waals surface area contributed by atoms with Crippen LogP contribution < -0.4 is 0 Å². The van der Waals surface area contributed by atoms with Gasteiger partial charge in [0.2, 0.25) is 5.82 Å². The number of fused-ring (bicyclic) bond motifs is 1. The largest absolute Gasteiger partial charge is 0.257 e. The molecule has 0 fully saturated rings. The molecule has 0 aliphatic rings. The Bertz CT molecular complexity index is 1270. The van der Waals surface area contributed by atoms with Crippen LogP contribution in [0.5, 0.6) is 0 Å². The van der Waals surface area contributed by atoms with Crippen molar-refractivity contribution in [2.75, 3.05) is 0 Å². The van der Waals surface area contributed by atoms with E-state index in [0.29, 0.717) is 23.0 Å². The molecule has 0 saturated carbocycles. The molecule has 0 amide bonds. The Morgan fingerprint density at radius 1 is 1.07 bits per heavy atom. The van der Waals surface area contributed by atoms with E-state index in [-0.39, 0.29) is 6.54 Å². The van der Waals surface area contributed by atoms with Crippen LogP contribution in [0.15, 0.2) is 55.1 Å². The van der Waals surface area contributed by atoms with Crippen molar-refractivity contribution in [3.05, 3.63) is 72.3 Å².